The number of hydrogen-bond acceptors (Lipinski definition) is 14. The number of aliphatic hydroxyl groups is 2. The topological polar surface area (TPSA) is 231 Å². The van der Waals surface area contributed by atoms with Crippen LogP contribution in [0.1, 0.15) is 329 Å². The Morgan fingerprint density at radius 3 is 0.851 bits per heavy atom. The van der Waals surface area contributed by atoms with Gasteiger partial charge in [-0.25, -0.2) is 9.13 Å². The summed E-state index contributed by atoms with van der Waals surface area (Å²) >= 11 is 0. The summed E-state index contributed by atoms with van der Waals surface area (Å²) in [4.78, 5) is 58.5. The van der Waals surface area contributed by atoms with Crippen molar-refractivity contribution in [1.29, 1.82) is 0 Å². The molecular weight excluding hydrogens is 1310 g/mol. The van der Waals surface area contributed by atoms with Gasteiger partial charge in [-0.2, -0.15) is 0 Å². The zero-order valence-electron chi connectivity index (χ0n) is 63.5. The predicted octanol–water partition coefficient (Wildman–Crippen LogP) is 23.3. The van der Waals surface area contributed by atoms with Gasteiger partial charge in [0.1, 0.15) is 25.4 Å². The molecule has 5 unspecified atom stereocenters. The van der Waals surface area contributed by atoms with Crippen molar-refractivity contribution in [1.82, 2.24) is 0 Å². The van der Waals surface area contributed by atoms with Gasteiger partial charge in [-0.15, -0.1) is 0 Å². The van der Waals surface area contributed by atoms with Crippen molar-refractivity contribution < 1.29 is 75.8 Å². The summed E-state index contributed by atoms with van der Waals surface area (Å²) in [6.07, 6.45) is 89.7. The monoisotopic (exact) mass is 1460 g/mol. The maximum Gasteiger partial charge on any atom is 0.472 e. The molecule has 0 aromatic heterocycles. The highest BCUT2D eigenvalue weighted by atomic mass is 31.2. The fourth-order valence-electron chi connectivity index (χ4n) is 10.6. The van der Waals surface area contributed by atoms with Crippen molar-refractivity contribution in [3.05, 3.63) is 122 Å². The van der Waals surface area contributed by atoms with Gasteiger partial charge in [-0.05, 0) is 116 Å². The lowest BCUT2D eigenvalue weighted by molar-refractivity contribution is -0.161. The van der Waals surface area contributed by atoms with Gasteiger partial charge >= 0.3 is 33.6 Å². The van der Waals surface area contributed by atoms with E-state index in [0.717, 1.165) is 154 Å². The first kappa shape index (κ1) is 97.0. The molecule has 0 spiro atoms. The van der Waals surface area contributed by atoms with Gasteiger partial charge in [-0.3, -0.25) is 32.5 Å². The van der Waals surface area contributed by atoms with Gasteiger partial charge in [0.2, 0.25) is 0 Å². The van der Waals surface area contributed by atoms with Crippen LogP contribution in [0.2, 0.25) is 0 Å². The van der Waals surface area contributed by atoms with Gasteiger partial charge in [0.15, 0.2) is 6.10 Å². The number of ether oxygens (including phenoxy) is 3. The number of phosphoric acid groups is 2. The molecule has 0 heterocycles. The number of esters is 3. The Labute approximate surface area is 614 Å². The van der Waals surface area contributed by atoms with Crippen LogP contribution in [0.4, 0.5) is 0 Å². The SMILES string of the molecule is CC/C=C\C/C=C\C/C=C\C/C=C\C/C=C\C/C=C\CCCCCCCCCCCCCCC(=O)OCC(O)COP(=O)(O)OCC(O)COP(=O)(O)OCC(COC(=O)CCCCCCCCC/C=C\C/C=C\C/C=C\C/C=C\CCCCC)OC(=O)CCCCCCCCCCCCC. The van der Waals surface area contributed by atoms with Crippen LogP contribution < -0.4 is 0 Å². The van der Waals surface area contributed by atoms with E-state index in [-0.39, 0.29) is 19.3 Å². The lowest BCUT2D eigenvalue weighted by atomic mass is 10.0. The third kappa shape index (κ3) is 76.9. The van der Waals surface area contributed by atoms with Gasteiger partial charge in [0, 0.05) is 19.3 Å². The van der Waals surface area contributed by atoms with E-state index in [1.807, 2.05) is 0 Å². The summed E-state index contributed by atoms with van der Waals surface area (Å²) in [5.41, 5.74) is 0. The average Bonchev–Trinajstić information content (AvgIpc) is 0.947. The first-order valence-electron chi connectivity index (χ1n) is 39.8. The van der Waals surface area contributed by atoms with Gasteiger partial charge in [0.25, 0.3) is 0 Å². The average molecular weight is 1460 g/mol. The number of carbonyl (C=O) groups excluding carboxylic acids is 3. The van der Waals surface area contributed by atoms with Crippen molar-refractivity contribution in [2.75, 3.05) is 39.6 Å². The third-order valence-corrected chi connectivity index (χ3v) is 18.6. The Kier molecular flexibility index (Phi) is 72.6. The molecule has 0 aliphatic rings. The minimum absolute atomic E-state index is 0.104. The number of allylic oxidation sites excluding steroid dienone is 20. The van der Waals surface area contributed by atoms with Crippen molar-refractivity contribution in [3.8, 4) is 0 Å². The van der Waals surface area contributed by atoms with E-state index in [9.17, 15) is 43.5 Å². The van der Waals surface area contributed by atoms with Crippen molar-refractivity contribution in [2.45, 2.75) is 347 Å². The minimum atomic E-state index is -4.93. The molecule has 0 aromatic carbocycles. The molecule has 5 atom stereocenters. The molecule has 101 heavy (non-hydrogen) atoms. The molecule has 16 nitrogen and oxygen atoms in total. The molecule has 0 bridgehead atoms. The zero-order valence-corrected chi connectivity index (χ0v) is 65.3. The van der Waals surface area contributed by atoms with Crippen molar-refractivity contribution in [2.24, 2.45) is 0 Å². The van der Waals surface area contributed by atoms with Gasteiger partial charge in [-0.1, -0.05) is 316 Å². The van der Waals surface area contributed by atoms with Crippen molar-refractivity contribution in [3.63, 3.8) is 0 Å². The summed E-state index contributed by atoms with van der Waals surface area (Å²) < 4.78 is 61.1. The van der Waals surface area contributed by atoms with Crippen LogP contribution >= 0.6 is 15.6 Å². The van der Waals surface area contributed by atoms with E-state index in [1.165, 1.54) is 116 Å². The lowest BCUT2D eigenvalue weighted by Crippen LogP contribution is -2.30. The van der Waals surface area contributed by atoms with E-state index >= 15 is 0 Å². The maximum atomic E-state index is 12.9. The number of rotatable bonds is 75. The van der Waals surface area contributed by atoms with Crippen LogP contribution in [0, 0.1) is 0 Å². The van der Waals surface area contributed by atoms with Crippen molar-refractivity contribution >= 4 is 33.6 Å². The second-order valence-electron chi connectivity index (χ2n) is 26.5. The van der Waals surface area contributed by atoms with E-state index < -0.39 is 91.5 Å². The van der Waals surface area contributed by atoms with E-state index in [1.54, 1.807) is 0 Å². The number of phosphoric ester groups is 2. The standard InChI is InChI=1S/C83H144O16P2/c1-4-7-10-13-16-19-22-24-26-28-30-32-34-35-36-37-38-39-40-41-43-45-46-48-50-52-55-57-60-63-66-69-81(86)93-72-78(84)73-95-100(89,90)96-74-79(85)75-97-101(91,92)98-77-80(99-83(88)71-68-65-62-59-54-21-18-15-12-9-6-3)76-94-82(87)70-67-64-61-58-56-53-51-49-47-44-42-33-31-29-27-25-23-20-17-14-11-8-5-2/h7,10,16-17,19-20,24-27,30-33,35-36,38-39,44,47,78-80,84-85H,4-6,8-9,11-15,18,21-23,28-29,34,37,40-43,45-46,48-77H2,1-3H3,(H,89,90)(H,91,92)/b10-7-,19-16-,20-17-,26-24-,27-25-,32-30-,33-31-,36-35-,39-38-,47-44-. The summed E-state index contributed by atoms with van der Waals surface area (Å²) in [6, 6.07) is 0. The highest BCUT2D eigenvalue weighted by molar-refractivity contribution is 7.47. The largest absolute Gasteiger partial charge is 0.472 e. The summed E-state index contributed by atoms with van der Waals surface area (Å²) in [7, 11) is -9.78. The molecule has 0 aliphatic heterocycles. The first-order chi connectivity index (χ1) is 49.2. The molecule has 18 heteroatoms. The second kappa shape index (κ2) is 75.6. The van der Waals surface area contributed by atoms with Crippen LogP contribution in [-0.2, 0) is 55.8 Å². The van der Waals surface area contributed by atoms with Gasteiger partial charge in [0.05, 0.1) is 26.4 Å². The van der Waals surface area contributed by atoms with Crippen LogP contribution in [0.25, 0.3) is 0 Å². The van der Waals surface area contributed by atoms with Crippen LogP contribution in [0.15, 0.2) is 122 Å². The first-order valence-corrected chi connectivity index (χ1v) is 42.8. The number of carbonyl (C=O) groups is 3. The van der Waals surface area contributed by atoms with E-state index in [2.05, 4.69) is 142 Å². The fraction of sp³-hybridized carbons (Fsp3) is 0.723. The van der Waals surface area contributed by atoms with E-state index in [4.69, 9.17) is 32.3 Å². The molecule has 0 saturated heterocycles. The Morgan fingerprint density at radius 1 is 0.287 bits per heavy atom. The lowest BCUT2D eigenvalue weighted by Gasteiger charge is -2.21. The van der Waals surface area contributed by atoms with Crippen LogP contribution in [0.3, 0.4) is 0 Å². The van der Waals surface area contributed by atoms with Crippen LogP contribution in [-0.4, -0.2) is 95.9 Å². The van der Waals surface area contributed by atoms with Gasteiger partial charge < -0.3 is 34.2 Å². The molecule has 0 rings (SSSR count). The van der Waals surface area contributed by atoms with E-state index in [0.29, 0.717) is 19.3 Å². The summed E-state index contributed by atoms with van der Waals surface area (Å²) in [5, 5.41) is 20.6. The molecule has 0 saturated carbocycles. The molecule has 582 valence electrons. The number of aliphatic hydroxyl groups excluding tert-OH is 2. The molecule has 0 aromatic rings. The van der Waals surface area contributed by atoms with Crippen LogP contribution in [0.5, 0.6) is 0 Å². The maximum absolute atomic E-state index is 12.9. The molecule has 0 radical (unpaired) electrons. The predicted molar refractivity (Wildman–Crippen MR) is 417 cm³/mol. The summed E-state index contributed by atoms with van der Waals surface area (Å²) in [6.45, 7) is 2.53. The molecule has 0 aliphatic carbocycles. The summed E-state index contributed by atoms with van der Waals surface area (Å²) in [5.74, 6) is -1.58. The molecule has 0 fully saturated rings. The zero-order chi connectivity index (χ0) is 73.7. The Hall–Kier alpha value is -4.05. The highest BCUT2D eigenvalue weighted by Crippen LogP contribution is 2.45. The molecule has 0 amide bonds. The fourth-order valence-corrected chi connectivity index (χ4v) is 12.2. The Balaban J connectivity index is 4.43. The number of unbranched alkanes of at least 4 members (excludes halogenated alkanes) is 32. The molecular formula is C83H144O16P2. The second-order valence-corrected chi connectivity index (χ2v) is 29.4. The smallest absolute Gasteiger partial charge is 0.463 e. The number of hydrogen-bond donors (Lipinski definition) is 4. The Bertz CT molecular complexity index is 2320. The highest BCUT2D eigenvalue weighted by Gasteiger charge is 2.29. The molecule has 4 N–H and O–H groups in total. The third-order valence-electron chi connectivity index (χ3n) is 16.7. The minimum Gasteiger partial charge on any atom is -0.463 e. The Morgan fingerprint density at radius 2 is 0.525 bits per heavy atom. The quantitative estimate of drug-likeness (QED) is 0.0146. The normalized spacial score (nSPS) is 14.6.